The number of rotatable bonds is 3. The number of carbonyl (C=O) groups is 1. The summed E-state index contributed by atoms with van der Waals surface area (Å²) >= 11 is 0. The molecule has 3 heterocycles. The molecule has 2 aromatic heterocycles. The molecule has 0 N–H and O–H groups in total. The standard InChI is InChI=1S/C19H21N5O/c1-15-11-21-24(12-15)17-6-4-16(5-7-17)19(25)22-9-2-3-18(13-22)23-10-8-20-14-23/h4-8,10-12,14,18H,2-3,9,13H2,1H3/t18-/m1/s1. The Morgan fingerprint density at radius 2 is 2.08 bits per heavy atom. The fourth-order valence-corrected chi connectivity index (χ4v) is 3.36. The predicted molar refractivity (Wildman–Crippen MR) is 94.7 cm³/mol. The SMILES string of the molecule is Cc1cnn(-c2ccc(C(=O)N3CCC[C@@H](n4ccnc4)C3)cc2)c1. The van der Waals surface area contributed by atoms with Crippen molar-refractivity contribution in [3.05, 3.63) is 66.5 Å². The van der Waals surface area contributed by atoms with Gasteiger partial charge in [-0.3, -0.25) is 4.79 Å². The number of carbonyl (C=O) groups excluding carboxylic acids is 1. The summed E-state index contributed by atoms with van der Waals surface area (Å²) < 4.78 is 3.92. The van der Waals surface area contributed by atoms with Gasteiger partial charge in [0, 0.05) is 37.2 Å². The monoisotopic (exact) mass is 335 g/mol. The van der Waals surface area contributed by atoms with Gasteiger partial charge in [0.1, 0.15) is 0 Å². The lowest BCUT2D eigenvalue weighted by molar-refractivity contribution is 0.0679. The van der Waals surface area contributed by atoms with Crippen LogP contribution < -0.4 is 0 Å². The second-order valence-corrected chi connectivity index (χ2v) is 6.57. The number of hydrogen-bond acceptors (Lipinski definition) is 3. The number of amides is 1. The van der Waals surface area contributed by atoms with Crippen LogP contribution in [0, 0.1) is 6.92 Å². The van der Waals surface area contributed by atoms with Crippen LogP contribution in [0.2, 0.25) is 0 Å². The summed E-state index contributed by atoms with van der Waals surface area (Å²) in [5.41, 5.74) is 2.79. The molecule has 1 fully saturated rings. The van der Waals surface area contributed by atoms with E-state index in [2.05, 4.69) is 14.6 Å². The van der Waals surface area contributed by atoms with E-state index in [0.717, 1.165) is 42.7 Å². The first kappa shape index (κ1) is 15.6. The third-order valence-corrected chi connectivity index (χ3v) is 4.72. The topological polar surface area (TPSA) is 56.0 Å². The van der Waals surface area contributed by atoms with Crippen LogP contribution >= 0.6 is 0 Å². The maximum absolute atomic E-state index is 12.8. The van der Waals surface area contributed by atoms with Crippen molar-refractivity contribution in [1.82, 2.24) is 24.2 Å². The van der Waals surface area contributed by atoms with Gasteiger partial charge in [-0.1, -0.05) is 0 Å². The first-order valence-corrected chi connectivity index (χ1v) is 8.59. The van der Waals surface area contributed by atoms with Crippen LogP contribution in [0.4, 0.5) is 0 Å². The summed E-state index contributed by atoms with van der Waals surface area (Å²) in [5.74, 6) is 0.0908. The van der Waals surface area contributed by atoms with Gasteiger partial charge in [-0.25, -0.2) is 9.67 Å². The molecular weight excluding hydrogens is 314 g/mol. The third kappa shape index (κ3) is 3.20. The second kappa shape index (κ2) is 6.55. The van der Waals surface area contributed by atoms with Gasteiger partial charge in [-0.05, 0) is 49.6 Å². The molecule has 0 saturated carbocycles. The molecule has 1 amide bonds. The van der Waals surface area contributed by atoms with Crippen LogP contribution in [0.25, 0.3) is 5.69 Å². The molecule has 1 atom stereocenters. The Morgan fingerprint density at radius 1 is 1.24 bits per heavy atom. The Kier molecular flexibility index (Phi) is 4.09. The van der Waals surface area contributed by atoms with E-state index in [9.17, 15) is 4.79 Å². The van der Waals surface area contributed by atoms with Gasteiger partial charge in [0.25, 0.3) is 5.91 Å². The molecule has 1 aliphatic heterocycles. The second-order valence-electron chi connectivity index (χ2n) is 6.57. The van der Waals surface area contributed by atoms with E-state index in [1.54, 1.807) is 6.20 Å². The highest BCUT2D eigenvalue weighted by molar-refractivity contribution is 5.94. The van der Waals surface area contributed by atoms with Crippen LogP contribution in [-0.2, 0) is 0 Å². The molecule has 128 valence electrons. The summed E-state index contributed by atoms with van der Waals surface area (Å²) in [6, 6.07) is 7.96. The lowest BCUT2D eigenvalue weighted by Crippen LogP contribution is -2.40. The molecule has 0 bridgehead atoms. The van der Waals surface area contributed by atoms with Crippen molar-refractivity contribution in [3.8, 4) is 5.69 Å². The zero-order valence-electron chi connectivity index (χ0n) is 14.2. The molecule has 0 radical (unpaired) electrons. The van der Waals surface area contributed by atoms with E-state index in [-0.39, 0.29) is 5.91 Å². The van der Waals surface area contributed by atoms with Crippen molar-refractivity contribution in [1.29, 1.82) is 0 Å². The molecule has 1 saturated heterocycles. The smallest absolute Gasteiger partial charge is 0.253 e. The Balaban J connectivity index is 1.48. The average Bonchev–Trinajstić information content (AvgIpc) is 3.33. The first-order valence-electron chi connectivity index (χ1n) is 8.59. The van der Waals surface area contributed by atoms with Crippen molar-refractivity contribution in [3.63, 3.8) is 0 Å². The highest BCUT2D eigenvalue weighted by Gasteiger charge is 2.25. The Hall–Kier alpha value is -2.89. The van der Waals surface area contributed by atoms with Gasteiger partial charge in [0.05, 0.1) is 24.3 Å². The van der Waals surface area contributed by atoms with Crippen molar-refractivity contribution in [2.24, 2.45) is 0 Å². The van der Waals surface area contributed by atoms with Crippen LogP contribution in [0.3, 0.4) is 0 Å². The summed E-state index contributed by atoms with van der Waals surface area (Å²) in [5, 5.41) is 4.30. The minimum atomic E-state index is 0.0908. The highest BCUT2D eigenvalue weighted by atomic mass is 16.2. The molecule has 4 rings (SSSR count). The van der Waals surface area contributed by atoms with Crippen molar-refractivity contribution in [2.45, 2.75) is 25.8 Å². The Labute approximate surface area is 146 Å². The lowest BCUT2D eigenvalue weighted by Gasteiger charge is -2.33. The average molecular weight is 335 g/mol. The van der Waals surface area contributed by atoms with Gasteiger partial charge in [-0.2, -0.15) is 5.10 Å². The van der Waals surface area contributed by atoms with Crippen molar-refractivity contribution in [2.75, 3.05) is 13.1 Å². The van der Waals surface area contributed by atoms with E-state index in [1.807, 2.05) is 65.7 Å². The normalized spacial score (nSPS) is 17.6. The molecule has 25 heavy (non-hydrogen) atoms. The summed E-state index contributed by atoms with van der Waals surface area (Å²) in [7, 11) is 0. The molecule has 3 aromatic rings. The Bertz CT molecular complexity index is 850. The molecular formula is C19H21N5O. The van der Waals surface area contributed by atoms with E-state index in [4.69, 9.17) is 0 Å². The highest BCUT2D eigenvalue weighted by Crippen LogP contribution is 2.23. The van der Waals surface area contributed by atoms with Crippen LogP contribution in [-0.4, -0.2) is 43.2 Å². The molecule has 1 aromatic carbocycles. The van der Waals surface area contributed by atoms with Gasteiger partial charge in [0.2, 0.25) is 0 Å². The quantitative estimate of drug-likeness (QED) is 0.739. The fourth-order valence-electron chi connectivity index (χ4n) is 3.36. The third-order valence-electron chi connectivity index (χ3n) is 4.72. The summed E-state index contributed by atoms with van der Waals surface area (Å²) in [4.78, 5) is 18.9. The maximum Gasteiger partial charge on any atom is 0.253 e. The number of imidazole rings is 1. The number of benzene rings is 1. The molecule has 0 spiro atoms. The minimum Gasteiger partial charge on any atom is -0.337 e. The van der Waals surface area contributed by atoms with E-state index >= 15 is 0 Å². The van der Waals surface area contributed by atoms with Crippen molar-refractivity contribution < 1.29 is 4.79 Å². The zero-order valence-corrected chi connectivity index (χ0v) is 14.2. The van der Waals surface area contributed by atoms with Crippen LogP contribution in [0.5, 0.6) is 0 Å². The number of nitrogens with zero attached hydrogens (tertiary/aromatic N) is 5. The lowest BCUT2D eigenvalue weighted by atomic mass is 10.0. The molecule has 6 nitrogen and oxygen atoms in total. The molecule has 1 aliphatic rings. The number of hydrogen-bond donors (Lipinski definition) is 0. The van der Waals surface area contributed by atoms with Gasteiger partial charge in [-0.15, -0.1) is 0 Å². The maximum atomic E-state index is 12.8. The fraction of sp³-hybridized carbons (Fsp3) is 0.316. The minimum absolute atomic E-state index is 0.0908. The molecule has 0 aliphatic carbocycles. The number of aryl methyl sites for hydroxylation is 1. The summed E-state index contributed by atoms with van der Waals surface area (Å²) in [6.45, 7) is 3.55. The number of aromatic nitrogens is 4. The molecule has 0 unspecified atom stereocenters. The van der Waals surface area contributed by atoms with E-state index in [1.165, 1.54) is 0 Å². The number of piperidine rings is 1. The van der Waals surface area contributed by atoms with Gasteiger partial charge < -0.3 is 9.47 Å². The van der Waals surface area contributed by atoms with E-state index in [0.29, 0.717) is 6.04 Å². The first-order chi connectivity index (χ1) is 12.2. The molecule has 6 heteroatoms. The van der Waals surface area contributed by atoms with Crippen LogP contribution in [0.1, 0.15) is 34.8 Å². The van der Waals surface area contributed by atoms with Gasteiger partial charge in [0.15, 0.2) is 0 Å². The number of likely N-dealkylation sites (tertiary alicyclic amines) is 1. The predicted octanol–water partition coefficient (Wildman–Crippen LogP) is 2.85. The van der Waals surface area contributed by atoms with E-state index < -0.39 is 0 Å². The van der Waals surface area contributed by atoms with Crippen LogP contribution in [0.15, 0.2) is 55.4 Å². The zero-order chi connectivity index (χ0) is 17.2. The summed E-state index contributed by atoms with van der Waals surface area (Å²) in [6.07, 6.45) is 11.5. The van der Waals surface area contributed by atoms with Crippen molar-refractivity contribution >= 4 is 5.91 Å². The van der Waals surface area contributed by atoms with Gasteiger partial charge >= 0.3 is 0 Å². The largest absolute Gasteiger partial charge is 0.337 e. The Morgan fingerprint density at radius 3 is 2.76 bits per heavy atom.